The molecule has 1 aliphatic rings. The first-order valence-electron chi connectivity index (χ1n) is 6.19. The van der Waals surface area contributed by atoms with Crippen molar-refractivity contribution in [2.45, 2.75) is 37.6 Å². The molecule has 1 aliphatic carbocycles. The van der Waals surface area contributed by atoms with Crippen molar-refractivity contribution >= 4 is 23.2 Å². The van der Waals surface area contributed by atoms with Gasteiger partial charge in [-0.2, -0.15) is 0 Å². The predicted molar refractivity (Wildman–Crippen MR) is 73.6 cm³/mol. The average molecular weight is 309 g/mol. The summed E-state index contributed by atoms with van der Waals surface area (Å²) in [5.41, 5.74) is 3.51. The van der Waals surface area contributed by atoms with Crippen LogP contribution in [0.3, 0.4) is 0 Å². The Morgan fingerprint density at radius 2 is 2.16 bits per heavy atom. The molecule has 0 saturated heterocycles. The summed E-state index contributed by atoms with van der Waals surface area (Å²) in [5, 5.41) is 1.09. The molecule has 19 heavy (non-hydrogen) atoms. The van der Waals surface area contributed by atoms with Crippen LogP contribution in [0.1, 0.15) is 24.8 Å². The first kappa shape index (κ1) is 15.0. The Morgan fingerprint density at radius 1 is 1.42 bits per heavy atom. The highest BCUT2D eigenvalue weighted by Gasteiger charge is 2.42. The number of hydrazine groups is 1. The molecule has 1 aromatic carbocycles. The van der Waals surface area contributed by atoms with Crippen molar-refractivity contribution in [3.8, 4) is 0 Å². The van der Waals surface area contributed by atoms with Gasteiger partial charge in [0, 0.05) is 28.9 Å². The first-order valence-corrected chi connectivity index (χ1v) is 6.95. The standard InChI is InChI=1S/C13H16Cl2F2N2/c14-10-2-1-8(11(15)6-10)5-12(19-18)9-3-4-13(16,17)7-9/h1-2,6,9,12,19H,3-5,7,18H2. The van der Waals surface area contributed by atoms with Crippen LogP contribution in [0.25, 0.3) is 0 Å². The number of nitrogens with one attached hydrogen (secondary N) is 1. The number of alkyl halides is 2. The molecule has 2 rings (SSSR count). The van der Waals surface area contributed by atoms with E-state index in [1.165, 1.54) is 0 Å². The molecule has 0 bridgehead atoms. The summed E-state index contributed by atoms with van der Waals surface area (Å²) in [6.07, 6.45) is 0.817. The molecule has 0 amide bonds. The third-order valence-corrected chi connectivity index (χ3v) is 4.27. The molecule has 3 N–H and O–H groups in total. The molecule has 0 aliphatic heterocycles. The Morgan fingerprint density at radius 3 is 2.68 bits per heavy atom. The number of hydrogen-bond donors (Lipinski definition) is 2. The van der Waals surface area contributed by atoms with Crippen molar-refractivity contribution in [1.29, 1.82) is 0 Å². The Labute approximate surface area is 121 Å². The van der Waals surface area contributed by atoms with E-state index in [1.54, 1.807) is 12.1 Å². The minimum absolute atomic E-state index is 0.0653. The van der Waals surface area contributed by atoms with E-state index in [0.29, 0.717) is 22.9 Å². The second kappa shape index (κ2) is 5.92. The minimum Gasteiger partial charge on any atom is -0.271 e. The van der Waals surface area contributed by atoms with Crippen molar-refractivity contribution in [2.24, 2.45) is 11.8 Å². The first-order chi connectivity index (χ1) is 8.91. The molecule has 106 valence electrons. The van der Waals surface area contributed by atoms with Crippen LogP contribution in [-0.4, -0.2) is 12.0 Å². The molecule has 0 heterocycles. The quantitative estimate of drug-likeness (QED) is 0.656. The third-order valence-electron chi connectivity index (χ3n) is 3.68. The highest BCUT2D eigenvalue weighted by atomic mass is 35.5. The lowest BCUT2D eigenvalue weighted by Gasteiger charge is -2.23. The van der Waals surface area contributed by atoms with Gasteiger partial charge in [0.2, 0.25) is 5.92 Å². The highest BCUT2D eigenvalue weighted by molar-refractivity contribution is 6.35. The fraction of sp³-hybridized carbons (Fsp3) is 0.538. The summed E-state index contributed by atoms with van der Waals surface area (Å²) in [6.45, 7) is 0. The maximum absolute atomic E-state index is 13.3. The monoisotopic (exact) mass is 308 g/mol. The van der Waals surface area contributed by atoms with Gasteiger partial charge < -0.3 is 0 Å². The molecular weight excluding hydrogens is 293 g/mol. The van der Waals surface area contributed by atoms with Crippen LogP contribution in [0.4, 0.5) is 8.78 Å². The molecule has 2 unspecified atom stereocenters. The number of rotatable bonds is 4. The van der Waals surface area contributed by atoms with Crippen molar-refractivity contribution in [3.05, 3.63) is 33.8 Å². The van der Waals surface area contributed by atoms with Crippen LogP contribution in [0, 0.1) is 5.92 Å². The summed E-state index contributed by atoms with van der Waals surface area (Å²) >= 11 is 11.9. The zero-order chi connectivity index (χ0) is 14.0. The van der Waals surface area contributed by atoms with Crippen molar-refractivity contribution in [2.75, 3.05) is 0 Å². The Kier molecular flexibility index (Phi) is 4.66. The zero-order valence-corrected chi connectivity index (χ0v) is 11.8. The minimum atomic E-state index is -2.57. The molecule has 6 heteroatoms. The van der Waals surface area contributed by atoms with Crippen LogP contribution in [0.15, 0.2) is 18.2 Å². The van der Waals surface area contributed by atoms with E-state index in [0.717, 1.165) is 5.56 Å². The van der Waals surface area contributed by atoms with Gasteiger partial charge in [-0.3, -0.25) is 11.3 Å². The van der Waals surface area contributed by atoms with Crippen LogP contribution >= 0.6 is 23.2 Å². The topological polar surface area (TPSA) is 38.0 Å². The highest BCUT2D eigenvalue weighted by Crippen LogP contribution is 2.41. The number of benzene rings is 1. The Balaban J connectivity index is 2.07. The van der Waals surface area contributed by atoms with Gasteiger partial charge in [-0.15, -0.1) is 0 Å². The normalized spacial score (nSPS) is 23.5. The van der Waals surface area contributed by atoms with E-state index in [9.17, 15) is 8.78 Å². The molecule has 0 aromatic heterocycles. The van der Waals surface area contributed by atoms with E-state index in [-0.39, 0.29) is 24.8 Å². The van der Waals surface area contributed by atoms with Crippen molar-refractivity contribution in [3.63, 3.8) is 0 Å². The second-order valence-electron chi connectivity index (χ2n) is 5.07. The maximum atomic E-state index is 13.3. The summed E-state index contributed by atoms with van der Waals surface area (Å²) in [4.78, 5) is 0. The van der Waals surface area contributed by atoms with Gasteiger partial charge >= 0.3 is 0 Å². The fourth-order valence-corrected chi connectivity index (χ4v) is 3.10. The van der Waals surface area contributed by atoms with Gasteiger partial charge in [0.15, 0.2) is 0 Å². The van der Waals surface area contributed by atoms with Gasteiger partial charge in [0.1, 0.15) is 0 Å². The zero-order valence-electron chi connectivity index (χ0n) is 10.3. The summed E-state index contributed by atoms with van der Waals surface area (Å²) in [6, 6.07) is 4.99. The van der Waals surface area contributed by atoms with E-state index >= 15 is 0 Å². The van der Waals surface area contributed by atoms with Crippen LogP contribution in [0.5, 0.6) is 0 Å². The largest absolute Gasteiger partial charge is 0.271 e. The van der Waals surface area contributed by atoms with Crippen LogP contribution in [0.2, 0.25) is 10.0 Å². The Bertz CT molecular complexity index is 454. The Hall–Kier alpha value is -0.420. The average Bonchev–Trinajstić information content (AvgIpc) is 2.69. The number of nitrogens with two attached hydrogens (primary N) is 1. The second-order valence-corrected chi connectivity index (χ2v) is 5.92. The molecule has 0 spiro atoms. The van der Waals surface area contributed by atoms with Gasteiger partial charge in [0.25, 0.3) is 0 Å². The molecule has 0 radical (unpaired) electrons. The molecule has 2 nitrogen and oxygen atoms in total. The van der Waals surface area contributed by atoms with Gasteiger partial charge in [-0.25, -0.2) is 8.78 Å². The molecule has 1 fully saturated rings. The fourth-order valence-electron chi connectivity index (χ4n) is 2.61. The van der Waals surface area contributed by atoms with Gasteiger partial charge in [-0.05, 0) is 36.5 Å². The van der Waals surface area contributed by atoms with E-state index in [4.69, 9.17) is 29.0 Å². The van der Waals surface area contributed by atoms with Crippen molar-refractivity contribution < 1.29 is 8.78 Å². The van der Waals surface area contributed by atoms with Gasteiger partial charge in [-0.1, -0.05) is 29.3 Å². The predicted octanol–water partition coefficient (Wildman–Crippen LogP) is 3.80. The summed E-state index contributed by atoms with van der Waals surface area (Å²) in [5.74, 6) is 2.81. The lowest BCUT2D eigenvalue weighted by atomic mass is 9.92. The van der Waals surface area contributed by atoms with Crippen molar-refractivity contribution in [1.82, 2.24) is 5.43 Å². The number of hydrogen-bond acceptors (Lipinski definition) is 2. The summed E-state index contributed by atoms with van der Waals surface area (Å²) in [7, 11) is 0. The van der Waals surface area contributed by atoms with Crippen LogP contribution in [-0.2, 0) is 6.42 Å². The number of halogens is 4. The SMILES string of the molecule is NNC(Cc1ccc(Cl)cc1Cl)C1CCC(F)(F)C1. The van der Waals surface area contributed by atoms with Gasteiger partial charge in [0.05, 0.1) is 0 Å². The van der Waals surface area contributed by atoms with E-state index in [1.807, 2.05) is 6.07 Å². The smallest absolute Gasteiger partial charge is 0.248 e. The lowest BCUT2D eigenvalue weighted by Crippen LogP contribution is -2.42. The molecule has 1 saturated carbocycles. The van der Waals surface area contributed by atoms with E-state index < -0.39 is 5.92 Å². The molecular formula is C13H16Cl2F2N2. The van der Waals surface area contributed by atoms with Crippen LogP contribution < -0.4 is 11.3 Å². The lowest BCUT2D eigenvalue weighted by molar-refractivity contribution is 0.00331. The molecule has 2 atom stereocenters. The maximum Gasteiger partial charge on any atom is 0.248 e. The third kappa shape index (κ3) is 3.78. The molecule has 1 aromatic rings. The summed E-state index contributed by atoms with van der Waals surface area (Å²) < 4.78 is 26.5. The van der Waals surface area contributed by atoms with E-state index in [2.05, 4.69) is 5.43 Å².